The molecule has 4 aliphatic rings. The molecule has 4 amide bonds. The first-order chi connectivity index (χ1) is 57.9. The number of rotatable bonds is 12. The maximum absolute atomic E-state index is 12.3. The number of anilines is 11. The summed E-state index contributed by atoms with van der Waals surface area (Å²) in [5, 5.41) is 22.8. The lowest BCUT2D eigenvalue weighted by molar-refractivity contribution is -0.116. The van der Waals surface area contributed by atoms with Gasteiger partial charge in [0.2, 0.25) is 47.4 Å². The monoisotopic (exact) mass is 1770 g/mol. The number of nitrogen functional groups attached to an aromatic ring is 1. The molecule has 16 rings (SSSR count). The minimum atomic E-state index is -0.0743. The first kappa shape index (κ1) is 96.5. The van der Waals surface area contributed by atoms with Gasteiger partial charge in [-0.15, -0.1) is 6.42 Å². The van der Waals surface area contributed by atoms with E-state index in [1.54, 1.807) is 43.2 Å². The Kier molecular flexibility index (Phi) is 34.8. The second-order valence-electron chi connectivity index (χ2n) is 30.2. The van der Waals surface area contributed by atoms with E-state index >= 15 is 0 Å². The minimum Gasteiger partial charge on any atom is -0.368 e. The summed E-state index contributed by atoms with van der Waals surface area (Å²) in [6.07, 6.45) is 20.0. The number of aromatic nitrogens is 11. The molecule has 644 valence electrons. The summed E-state index contributed by atoms with van der Waals surface area (Å²) in [6.45, 7) is 18.2. The van der Waals surface area contributed by atoms with Crippen molar-refractivity contribution in [1.29, 1.82) is 0 Å². The first-order valence-corrected chi connectivity index (χ1v) is 40.4. The molecule has 0 bridgehead atoms. The fourth-order valence-corrected chi connectivity index (χ4v) is 13.7. The number of amides is 4. The maximum atomic E-state index is 12.3. The van der Waals surface area contributed by atoms with E-state index in [2.05, 4.69) is 141 Å². The van der Waals surface area contributed by atoms with E-state index < -0.39 is 0 Å². The van der Waals surface area contributed by atoms with Gasteiger partial charge in [-0.1, -0.05) is 134 Å². The van der Waals surface area contributed by atoms with Crippen LogP contribution < -0.4 is 43.0 Å². The smallest absolute Gasteiger partial charge is 0.228 e. The summed E-state index contributed by atoms with van der Waals surface area (Å²) in [6, 6.07) is 35.3. The summed E-state index contributed by atoms with van der Waals surface area (Å²) in [5.74, 6) is 10.1. The molecule has 11 heterocycles. The van der Waals surface area contributed by atoms with Crippen LogP contribution >= 0.6 is 39.1 Å². The third kappa shape index (κ3) is 26.8. The Morgan fingerprint density at radius 1 is 0.444 bits per heavy atom. The number of nitrogens with one attached hydrogen (secondary N) is 7. The SMILES string of the molecule is C.C.C.C#CCN(C)C.Cc1ccc(Cl)cc1Br.Cc1ccc2c(c1)NC(=O)Cc1cnc(N)nc1-2.Cc1ccc2c(c1)NC(=O)Cc1cnc(Nc3cc(C#CCN(C)C)cnc3C)nc1-2.Cc1ccc2c(c1)NC(=O)Cc1cnc(Nc3cc(CCCN(C)C)cnc3C)nc1-2.Cc1ccc2c(c1)NC(=O)Cc1cnc(Nc3cc(Cl)cnc3C)nc1-2.[HH]. The second kappa shape index (κ2) is 44.7. The summed E-state index contributed by atoms with van der Waals surface area (Å²) < 4.78 is 1.06. The summed E-state index contributed by atoms with van der Waals surface area (Å²) in [4.78, 5) is 104. The number of fused-ring (bicyclic) bond motifs is 12. The van der Waals surface area contributed by atoms with E-state index in [1.165, 1.54) is 11.1 Å². The Labute approximate surface area is 747 Å². The van der Waals surface area contributed by atoms with Crippen molar-refractivity contribution in [3.05, 3.63) is 245 Å². The van der Waals surface area contributed by atoms with Gasteiger partial charge in [-0.2, -0.15) is 0 Å². The molecule has 0 radical (unpaired) electrons. The van der Waals surface area contributed by atoms with Crippen molar-refractivity contribution in [2.75, 3.05) is 105 Å². The second-order valence-corrected chi connectivity index (χ2v) is 31.9. The average molecular weight is 1770 g/mol. The van der Waals surface area contributed by atoms with Crippen LogP contribution in [0.2, 0.25) is 10.0 Å². The number of hydrogen-bond donors (Lipinski definition) is 8. The van der Waals surface area contributed by atoms with Crippen LogP contribution in [0.5, 0.6) is 0 Å². The van der Waals surface area contributed by atoms with Crippen molar-refractivity contribution in [3.63, 3.8) is 0 Å². The largest absolute Gasteiger partial charge is 0.368 e. The average Bonchev–Trinajstić information content (AvgIpc) is 1.70. The normalized spacial score (nSPS) is 11.9. The van der Waals surface area contributed by atoms with E-state index in [0.717, 1.165) is 187 Å². The van der Waals surface area contributed by atoms with E-state index in [9.17, 15) is 19.2 Å². The number of nitrogens with zero attached hydrogens (tertiary/aromatic N) is 14. The van der Waals surface area contributed by atoms with Gasteiger partial charge in [0.1, 0.15) is 0 Å². The van der Waals surface area contributed by atoms with Crippen LogP contribution in [0.25, 0.3) is 45.0 Å². The zero-order valence-corrected chi connectivity index (χ0v) is 73.1. The number of pyridine rings is 3. The molecule has 0 saturated heterocycles. The molecule has 29 heteroatoms. The topological polar surface area (TPSA) is 330 Å². The molecule has 5 aromatic carbocycles. The zero-order chi connectivity index (χ0) is 86.7. The van der Waals surface area contributed by atoms with Gasteiger partial charge in [0, 0.05) is 104 Å². The van der Waals surface area contributed by atoms with Crippen molar-refractivity contribution in [3.8, 4) is 69.2 Å². The summed E-state index contributed by atoms with van der Waals surface area (Å²) >= 11 is 15.1. The van der Waals surface area contributed by atoms with Crippen LogP contribution in [-0.4, -0.2) is 155 Å². The van der Waals surface area contributed by atoms with Crippen molar-refractivity contribution >= 4 is 126 Å². The van der Waals surface area contributed by atoms with Crippen molar-refractivity contribution in [2.45, 2.75) is 116 Å². The molecule has 0 aliphatic carbocycles. The van der Waals surface area contributed by atoms with Gasteiger partial charge >= 0.3 is 0 Å². The minimum absolute atomic E-state index is 0. The Morgan fingerprint density at radius 2 is 0.823 bits per heavy atom. The maximum Gasteiger partial charge on any atom is 0.228 e. The molecule has 0 atom stereocenters. The molecule has 0 unspecified atom stereocenters. The van der Waals surface area contributed by atoms with Gasteiger partial charge in [-0.05, 0) is 205 Å². The number of nitrogens with two attached hydrogens (primary N) is 1. The highest BCUT2D eigenvalue weighted by molar-refractivity contribution is 9.10. The quantitative estimate of drug-likeness (QED) is 0.0527. The predicted octanol–water partition coefficient (Wildman–Crippen LogP) is 18.5. The summed E-state index contributed by atoms with van der Waals surface area (Å²) in [7, 11) is 12.0. The van der Waals surface area contributed by atoms with Crippen LogP contribution in [0, 0.1) is 79.6 Å². The van der Waals surface area contributed by atoms with Gasteiger partial charge in [-0.3, -0.25) is 43.9 Å². The third-order valence-electron chi connectivity index (χ3n) is 19.0. The standard InChI is InChI=1S/C24H28N6O.C24H24N6O.C19H16ClN5O.C13H12N4O.C7H6BrCl.C5H9N.3CH4.H2/c2*1-15-7-8-19-21(10-15)27-22(31)12-18-14-26-24(29-23(18)19)28-20-11-17(13-25-16(20)2)6-5-9-30(3)4;1-10-3-4-14-16(5-10)23-17(26)6-12-8-22-19(25-18(12)14)24-15-7-13(20)9-21-11(15)2;1-7-2-3-9-10(4-7)16-11(18)5-8-6-15-13(14)17-12(8)9;1-5-2-3-6(9)4-7(5)8;1-4-5-6(2)3;;;;/h7-8,10-11,13-14H,5-6,9,12H2,1-4H3,(H,27,31)(H,26,28,29);7-8,10-11,13-14H,9,12H2,1-4H3,(H,27,31)(H,26,28,29);3-5,7-9H,6H2,1-2H3,(H,23,26)(H,22,24,25);2-4,6H,5H2,1H3,(H,16,18)(H2,14,15,17);2-4H,1H3;1H,5H2,2-3H3;3*1H4;1H. The van der Waals surface area contributed by atoms with Gasteiger partial charge in [-0.25, -0.2) is 39.9 Å². The Bertz CT molecular complexity index is 6010. The molecule has 0 fully saturated rings. The van der Waals surface area contributed by atoms with Gasteiger partial charge in [0.15, 0.2) is 0 Å². The number of carbonyl (C=O) groups excluding carboxylic acids is 4. The lowest BCUT2D eigenvalue weighted by Gasteiger charge is -2.13. The van der Waals surface area contributed by atoms with Crippen molar-refractivity contribution < 1.29 is 20.6 Å². The molecule has 26 nitrogen and oxygen atoms in total. The van der Waals surface area contributed by atoms with Crippen molar-refractivity contribution in [2.24, 2.45) is 0 Å². The fourth-order valence-electron chi connectivity index (χ4n) is 12.8. The highest BCUT2D eigenvalue weighted by Gasteiger charge is 2.27. The molecule has 4 aliphatic heterocycles. The molecule has 0 saturated carbocycles. The lowest BCUT2D eigenvalue weighted by Crippen LogP contribution is -2.13. The van der Waals surface area contributed by atoms with Gasteiger partial charge < -0.3 is 47.9 Å². The zero-order valence-electron chi connectivity index (χ0n) is 70.0. The molecule has 9 N–H and O–H groups in total. The highest BCUT2D eigenvalue weighted by Crippen LogP contribution is 2.39. The van der Waals surface area contributed by atoms with Gasteiger partial charge in [0.25, 0.3) is 0 Å². The number of benzene rings is 5. The molecule has 0 spiro atoms. The molecular formula is C95H109BrCl2N22O4. The highest BCUT2D eigenvalue weighted by atomic mass is 79.9. The Hall–Kier alpha value is -13.0. The molecule has 12 aromatic rings. The molecular weight excluding hydrogens is 1660 g/mol. The first-order valence-electron chi connectivity index (χ1n) is 38.8. The van der Waals surface area contributed by atoms with Crippen LogP contribution in [0.1, 0.15) is 108 Å². The van der Waals surface area contributed by atoms with Crippen LogP contribution in [-0.2, 0) is 51.3 Å². The van der Waals surface area contributed by atoms with E-state index in [1.807, 2.05) is 197 Å². The number of hydrogen-bond acceptors (Lipinski definition) is 22. The fraction of sp³-hybridized carbons (Fsp3) is 0.274. The van der Waals surface area contributed by atoms with Crippen LogP contribution in [0.15, 0.2) is 157 Å². The third-order valence-corrected chi connectivity index (χ3v) is 20.3. The number of terminal acetylenes is 1. The van der Waals surface area contributed by atoms with E-state index in [0.29, 0.717) is 29.4 Å². The van der Waals surface area contributed by atoms with E-state index in [-0.39, 0.29) is 79.0 Å². The Balaban J connectivity index is 0.000000217. The Morgan fingerprint density at radius 3 is 1.20 bits per heavy atom. The van der Waals surface area contributed by atoms with Gasteiger partial charge in [0.05, 0.1) is 123 Å². The summed E-state index contributed by atoms with van der Waals surface area (Å²) in [5.41, 5.74) is 30.9. The van der Waals surface area contributed by atoms with E-state index in [4.69, 9.17) is 45.3 Å². The molecule has 7 aromatic heterocycles. The predicted molar refractivity (Wildman–Crippen MR) is 510 cm³/mol. The molecule has 124 heavy (non-hydrogen) atoms. The number of carbonyl (C=O) groups is 4. The van der Waals surface area contributed by atoms with Crippen molar-refractivity contribution in [1.82, 2.24) is 69.5 Å². The van der Waals surface area contributed by atoms with Crippen LogP contribution in [0.3, 0.4) is 0 Å². The lowest BCUT2D eigenvalue weighted by atomic mass is 10.0. The number of halogens is 3. The number of aryl methyl sites for hydroxylation is 9. The van der Waals surface area contributed by atoms with Crippen LogP contribution in [0.4, 0.5) is 63.6 Å².